The average Bonchev–Trinajstić information content (AvgIpc) is 2.68. The van der Waals surface area contributed by atoms with Crippen LogP contribution in [0.3, 0.4) is 0 Å². The number of hydroxylamine groups is 1. The number of nitroso groups, excluding NO2 is 1. The average molecular weight is 238 g/mol. The van der Waals surface area contributed by atoms with E-state index < -0.39 is 11.1 Å². The summed E-state index contributed by atoms with van der Waals surface area (Å²) in [5.41, 5.74) is -1.65. The summed E-state index contributed by atoms with van der Waals surface area (Å²) >= 11 is 0. The SMILES string of the molecule is Cn1cnnc1C1=[N+]([O-])C(C)(C)C(C)(C)[N+]1=O. The summed E-state index contributed by atoms with van der Waals surface area (Å²) in [5.74, 6) is 0.300. The van der Waals surface area contributed by atoms with Gasteiger partial charge in [-0.25, -0.2) is 0 Å². The Morgan fingerprint density at radius 2 is 1.88 bits per heavy atom. The fraction of sp³-hybridized carbons (Fsp3) is 0.700. The minimum atomic E-state index is -0.823. The van der Waals surface area contributed by atoms with Crippen molar-refractivity contribution >= 4 is 5.84 Å². The molecule has 1 aliphatic heterocycles. The number of aryl methyl sites for hydroxylation is 1. The fourth-order valence-electron chi connectivity index (χ4n) is 1.78. The van der Waals surface area contributed by atoms with Gasteiger partial charge in [-0.3, -0.25) is 0 Å². The molecule has 0 saturated heterocycles. The van der Waals surface area contributed by atoms with Crippen molar-refractivity contribution in [3.8, 4) is 0 Å². The van der Waals surface area contributed by atoms with Crippen molar-refractivity contribution in [2.24, 2.45) is 7.05 Å². The molecule has 0 saturated carbocycles. The van der Waals surface area contributed by atoms with Crippen LogP contribution in [-0.2, 0) is 7.05 Å². The van der Waals surface area contributed by atoms with E-state index in [1.165, 1.54) is 6.33 Å². The number of hydrogen-bond donors (Lipinski definition) is 0. The van der Waals surface area contributed by atoms with Gasteiger partial charge in [-0.2, -0.15) is 0 Å². The zero-order valence-electron chi connectivity index (χ0n) is 10.6. The van der Waals surface area contributed by atoms with Gasteiger partial charge in [-0.15, -0.1) is 14.9 Å². The lowest BCUT2D eigenvalue weighted by Crippen LogP contribution is -2.50. The predicted octanol–water partition coefficient (Wildman–Crippen LogP) is 0.422. The van der Waals surface area contributed by atoms with Crippen LogP contribution in [0.4, 0.5) is 0 Å². The molecule has 0 aromatic carbocycles. The first-order valence-electron chi connectivity index (χ1n) is 5.37. The molecule has 2 heterocycles. The Bertz CT molecular complexity index is 527. The fourth-order valence-corrected chi connectivity index (χ4v) is 1.78. The minimum Gasteiger partial charge on any atom is -0.618 e. The van der Waals surface area contributed by atoms with Gasteiger partial charge < -0.3 is 9.77 Å². The standard InChI is InChI=1S/C10H16N5O2/c1-9(2)10(3,4)15(17)8(14(9)16)7-12-11-6-13(7)5/h6H,1-5H3/q+1. The van der Waals surface area contributed by atoms with E-state index >= 15 is 0 Å². The van der Waals surface area contributed by atoms with Crippen molar-refractivity contribution in [1.29, 1.82) is 0 Å². The molecule has 0 unspecified atom stereocenters. The third kappa shape index (κ3) is 1.25. The second-order valence-corrected chi connectivity index (χ2v) is 5.30. The zero-order valence-corrected chi connectivity index (χ0v) is 10.6. The molecule has 0 N–H and O–H groups in total. The number of nitrogens with zero attached hydrogens (tertiary/aromatic N) is 5. The Labute approximate surface area is 98.9 Å². The van der Waals surface area contributed by atoms with Gasteiger partial charge in [0.1, 0.15) is 11.1 Å². The molecule has 1 aliphatic rings. The van der Waals surface area contributed by atoms with Crippen molar-refractivity contribution in [3.05, 3.63) is 22.3 Å². The van der Waals surface area contributed by atoms with Gasteiger partial charge in [0.25, 0.3) is 5.54 Å². The summed E-state index contributed by atoms with van der Waals surface area (Å²) in [6.45, 7) is 6.98. The lowest BCUT2D eigenvalue weighted by molar-refractivity contribution is -0.555. The number of aromatic nitrogens is 3. The van der Waals surface area contributed by atoms with Gasteiger partial charge in [0, 0.05) is 39.6 Å². The number of hydrogen-bond acceptors (Lipinski definition) is 4. The number of amidine groups is 1. The van der Waals surface area contributed by atoms with Crippen LogP contribution in [-0.4, -0.2) is 41.2 Å². The molecule has 0 bridgehead atoms. The van der Waals surface area contributed by atoms with Crippen LogP contribution >= 0.6 is 0 Å². The maximum Gasteiger partial charge on any atom is 0.543 e. The van der Waals surface area contributed by atoms with Crippen LogP contribution in [0, 0.1) is 10.1 Å². The first-order valence-corrected chi connectivity index (χ1v) is 5.37. The van der Waals surface area contributed by atoms with E-state index in [1.807, 2.05) is 0 Å². The molecule has 1 aromatic rings. The Morgan fingerprint density at radius 1 is 1.29 bits per heavy atom. The third-order valence-electron chi connectivity index (χ3n) is 3.81. The summed E-state index contributed by atoms with van der Waals surface area (Å²) in [6.07, 6.45) is 1.46. The van der Waals surface area contributed by atoms with Crippen molar-refractivity contribution < 1.29 is 9.50 Å². The first-order chi connectivity index (χ1) is 7.71. The number of rotatable bonds is 1. The van der Waals surface area contributed by atoms with Crippen LogP contribution in [0.15, 0.2) is 6.33 Å². The highest BCUT2D eigenvalue weighted by Crippen LogP contribution is 2.34. The lowest BCUT2D eigenvalue weighted by atomic mass is 9.84. The Hall–Kier alpha value is -1.79. The van der Waals surface area contributed by atoms with Gasteiger partial charge in [0.15, 0.2) is 0 Å². The largest absolute Gasteiger partial charge is 0.618 e. The molecule has 1 aromatic heterocycles. The van der Waals surface area contributed by atoms with E-state index in [0.29, 0.717) is 0 Å². The van der Waals surface area contributed by atoms with Crippen molar-refractivity contribution in [3.63, 3.8) is 0 Å². The highest BCUT2D eigenvalue weighted by Gasteiger charge is 2.69. The third-order valence-corrected chi connectivity index (χ3v) is 3.81. The van der Waals surface area contributed by atoms with Gasteiger partial charge in [0.05, 0.1) is 0 Å². The Balaban J connectivity index is 2.68. The monoisotopic (exact) mass is 238 g/mol. The topological polar surface area (TPSA) is 76.9 Å². The molecule has 0 radical (unpaired) electrons. The molecular weight excluding hydrogens is 222 g/mol. The van der Waals surface area contributed by atoms with Gasteiger partial charge in [-0.05, 0) is 0 Å². The van der Waals surface area contributed by atoms with Crippen molar-refractivity contribution in [2.75, 3.05) is 0 Å². The maximum absolute atomic E-state index is 12.3. The lowest BCUT2D eigenvalue weighted by Gasteiger charge is -2.22. The minimum absolute atomic E-state index is 0.0139. The molecule has 2 rings (SSSR count). The van der Waals surface area contributed by atoms with Gasteiger partial charge in [-0.1, -0.05) is 0 Å². The van der Waals surface area contributed by atoms with E-state index in [1.54, 1.807) is 39.3 Å². The van der Waals surface area contributed by atoms with Crippen LogP contribution in [0.1, 0.15) is 33.5 Å². The van der Waals surface area contributed by atoms with Crippen LogP contribution in [0.2, 0.25) is 0 Å². The molecule has 92 valence electrons. The second kappa shape index (κ2) is 3.12. The molecule has 0 amide bonds. The maximum atomic E-state index is 12.3. The molecular formula is C10H16N5O2+. The van der Waals surface area contributed by atoms with Crippen LogP contribution in [0.25, 0.3) is 0 Å². The van der Waals surface area contributed by atoms with E-state index in [9.17, 15) is 10.1 Å². The highest BCUT2D eigenvalue weighted by atomic mass is 16.5. The zero-order chi connectivity index (χ0) is 13.0. The smallest absolute Gasteiger partial charge is 0.543 e. The highest BCUT2D eigenvalue weighted by molar-refractivity contribution is 5.85. The summed E-state index contributed by atoms with van der Waals surface area (Å²) in [5, 5.41) is 19.8. The van der Waals surface area contributed by atoms with E-state index in [0.717, 1.165) is 9.50 Å². The predicted molar refractivity (Wildman–Crippen MR) is 60.5 cm³/mol. The van der Waals surface area contributed by atoms with Crippen LogP contribution < -0.4 is 0 Å². The summed E-state index contributed by atoms with van der Waals surface area (Å²) in [6, 6.07) is 0. The van der Waals surface area contributed by atoms with E-state index in [-0.39, 0.29) is 11.7 Å². The van der Waals surface area contributed by atoms with Crippen molar-refractivity contribution in [2.45, 2.75) is 38.8 Å². The first kappa shape index (κ1) is 11.7. The molecule has 0 fully saturated rings. The molecule has 17 heavy (non-hydrogen) atoms. The molecule has 7 heteroatoms. The summed E-state index contributed by atoms with van der Waals surface area (Å²) in [7, 11) is 1.70. The Morgan fingerprint density at radius 3 is 2.24 bits per heavy atom. The quantitative estimate of drug-likeness (QED) is 0.525. The molecule has 0 spiro atoms. The van der Waals surface area contributed by atoms with Crippen LogP contribution in [0.5, 0.6) is 0 Å². The van der Waals surface area contributed by atoms with E-state index in [4.69, 9.17) is 0 Å². The summed E-state index contributed by atoms with van der Waals surface area (Å²) in [4.78, 5) is 12.3. The molecule has 0 atom stereocenters. The van der Waals surface area contributed by atoms with E-state index in [2.05, 4.69) is 10.2 Å². The molecule has 7 nitrogen and oxygen atoms in total. The summed E-state index contributed by atoms with van der Waals surface area (Å²) < 4.78 is 3.01. The second-order valence-electron chi connectivity index (χ2n) is 5.30. The molecule has 0 aliphatic carbocycles. The normalized spacial score (nSPS) is 22.3. The van der Waals surface area contributed by atoms with Gasteiger partial charge >= 0.3 is 11.7 Å². The Kier molecular flexibility index (Phi) is 2.14. The van der Waals surface area contributed by atoms with Crippen molar-refractivity contribution in [1.82, 2.24) is 14.8 Å². The van der Waals surface area contributed by atoms with Gasteiger partial charge in [0.2, 0.25) is 5.54 Å².